The molecule has 9 nitrogen and oxygen atoms in total. The molecule has 4 atom stereocenters. The Morgan fingerprint density at radius 3 is 2.72 bits per heavy atom. The van der Waals surface area contributed by atoms with Gasteiger partial charge in [-0.15, -0.1) is 0 Å². The van der Waals surface area contributed by atoms with Gasteiger partial charge in [-0.2, -0.15) is 0 Å². The van der Waals surface area contributed by atoms with Crippen molar-refractivity contribution in [2.75, 3.05) is 26.9 Å². The lowest BCUT2D eigenvalue weighted by atomic mass is 9.51. The summed E-state index contributed by atoms with van der Waals surface area (Å²) in [6, 6.07) is 3.32. The number of rotatable bonds is 4. The molecule has 1 N–H and O–H groups in total. The fraction of sp³-hybridized carbons (Fsp3) is 0.652. The van der Waals surface area contributed by atoms with Crippen LogP contribution >= 0.6 is 0 Å². The molecule has 7 rings (SSSR count). The first-order chi connectivity index (χ1) is 15.5. The molecule has 2 saturated carbocycles. The maximum Gasteiger partial charge on any atom is 0.410 e. The Morgan fingerprint density at radius 2 is 2.03 bits per heavy atom. The highest BCUT2D eigenvalue weighted by Gasteiger charge is 2.84. The van der Waals surface area contributed by atoms with Crippen molar-refractivity contribution in [3.8, 4) is 11.5 Å². The Morgan fingerprint density at radius 1 is 1.25 bits per heavy atom. The summed E-state index contributed by atoms with van der Waals surface area (Å²) in [7, 11) is 1.53. The highest BCUT2D eigenvalue weighted by atomic mass is 16.8. The molecule has 4 fully saturated rings. The number of carboxylic acids is 1. The average molecular weight is 443 g/mol. The number of fused-ring (bicyclic) bond motifs is 1. The van der Waals surface area contributed by atoms with Crippen LogP contribution in [0.4, 0.5) is 4.79 Å². The van der Waals surface area contributed by atoms with Crippen LogP contribution in [0, 0.1) is 5.92 Å². The molecule has 0 aromatic heterocycles. The minimum atomic E-state index is -1.65. The molecular formula is C23H25NO8. The molecule has 3 aliphatic heterocycles. The summed E-state index contributed by atoms with van der Waals surface area (Å²) in [5, 5.41) is 10.9. The van der Waals surface area contributed by atoms with Crippen LogP contribution in [0.1, 0.15) is 36.8 Å². The normalized spacial score (nSPS) is 37.7. The number of ether oxygens (including phenoxy) is 5. The van der Waals surface area contributed by atoms with Gasteiger partial charge in [-0.1, -0.05) is 6.07 Å². The first kappa shape index (κ1) is 19.0. The van der Waals surface area contributed by atoms with E-state index in [0.29, 0.717) is 62.0 Å². The minimum Gasteiger partial charge on any atom is -0.493 e. The Hall–Kier alpha value is -2.52. The number of carbonyl (C=O) groups excluding carboxylic acids is 1. The Balaban J connectivity index is 1.51. The maximum atomic E-state index is 13.4. The third-order valence-electron chi connectivity index (χ3n) is 8.46. The fourth-order valence-electron chi connectivity index (χ4n) is 7.02. The van der Waals surface area contributed by atoms with Crippen molar-refractivity contribution < 1.29 is 38.4 Å². The first-order valence-electron chi connectivity index (χ1n) is 11.3. The van der Waals surface area contributed by atoms with Crippen molar-refractivity contribution >= 4 is 12.1 Å². The van der Waals surface area contributed by atoms with Gasteiger partial charge in [0.05, 0.1) is 26.4 Å². The van der Waals surface area contributed by atoms with Gasteiger partial charge >= 0.3 is 12.1 Å². The fourth-order valence-corrected chi connectivity index (χ4v) is 7.02. The quantitative estimate of drug-likeness (QED) is 0.752. The number of aliphatic carboxylic acids is 1. The van der Waals surface area contributed by atoms with Crippen LogP contribution in [-0.4, -0.2) is 72.5 Å². The molecule has 170 valence electrons. The molecule has 0 radical (unpaired) electrons. The molecule has 1 amide bonds. The van der Waals surface area contributed by atoms with E-state index in [9.17, 15) is 14.7 Å². The molecule has 2 unspecified atom stereocenters. The molecule has 2 spiro atoms. The van der Waals surface area contributed by atoms with Gasteiger partial charge < -0.3 is 33.7 Å². The van der Waals surface area contributed by atoms with E-state index in [2.05, 4.69) is 0 Å². The van der Waals surface area contributed by atoms with E-state index in [-0.39, 0.29) is 6.04 Å². The minimum absolute atomic E-state index is 0.326. The Bertz CT molecular complexity index is 1050. The molecule has 1 aromatic rings. The molecule has 3 aliphatic carbocycles. The van der Waals surface area contributed by atoms with Crippen LogP contribution in [0.5, 0.6) is 11.5 Å². The van der Waals surface area contributed by atoms with E-state index < -0.39 is 35.0 Å². The molecule has 32 heavy (non-hydrogen) atoms. The van der Waals surface area contributed by atoms with Gasteiger partial charge in [-0.3, -0.25) is 4.79 Å². The van der Waals surface area contributed by atoms with Gasteiger partial charge in [0.2, 0.25) is 5.79 Å². The lowest BCUT2D eigenvalue weighted by molar-refractivity contribution is -0.275. The lowest BCUT2D eigenvalue weighted by Crippen LogP contribution is -2.77. The topological polar surface area (TPSA) is 104 Å². The standard InChI is InChI=1S/C23H25NO8/c1-28-14-5-4-13-10-15-21(32-20(27)24(15)11-12-2-3-12)6-7-22(29-8-9-30-22)18-23(21,19(25)26)16(13)17(14)31-18/h4-5,12,15,18H,2-3,6-11H2,1H3,(H,25,26)/t15-,18+,21?,23?/m1/s1. The van der Waals surface area contributed by atoms with Crippen LogP contribution in [-0.2, 0) is 30.8 Å². The smallest absolute Gasteiger partial charge is 0.410 e. The number of nitrogens with zero attached hydrogens (tertiary/aromatic N) is 1. The number of amides is 1. The number of hydrogen-bond acceptors (Lipinski definition) is 7. The van der Waals surface area contributed by atoms with E-state index in [0.717, 1.165) is 18.4 Å². The SMILES string of the molecule is COc1ccc2c3c1O[C@H]1C4(CCC5(OC(=O)N(CC6CC6)[C@@H]5C2)C31C(=O)O)OCCO4. The van der Waals surface area contributed by atoms with E-state index in [4.69, 9.17) is 23.7 Å². The number of carboxylic acid groups (broad SMARTS) is 1. The lowest BCUT2D eigenvalue weighted by Gasteiger charge is -2.56. The van der Waals surface area contributed by atoms with Gasteiger partial charge in [-0.25, -0.2) is 4.79 Å². The molecule has 1 aromatic carbocycles. The Kier molecular flexibility index (Phi) is 3.49. The number of methoxy groups -OCH3 is 1. The zero-order chi connectivity index (χ0) is 21.9. The molecule has 3 heterocycles. The number of carbonyl (C=O) groups is 2. The number of hydrogen-bond donors (Lipinski definition) is 1. The highest BCUT2D eigenvalue weighted by molar-refractivity contribution is 5.92. The van der Waals surface area contributed by atoms with Crippen molar-refractivity contribution in [2.45, 2.75) is 61.1 Å². The zero-order valence-electron chi connectivity index (χ0n) is 17.8. The van der Waals surface area contributed by atoms with E-state index >= 15 is 0 Å². The summed E-state index contributed by atoms with van der Waals surface area (Å²) in [5.41, 5.74) is -1.52. The summed E-state index contributed by atoms with van der Waals surface area (Å²) >= 11 is 0. The van der Waals surface area contributed by atoms with Gasteiger partial charge in [0, 0.05) is 18.5 Å². The third kappa shape index (κ3) is 1.95. The van der Waals surface area contributed by atoms with Gasteiger partial charge in [0.15, 0.2) is 28.6 Å². The van der Waals surface area contributed by atoms with Crippen LogP contribution < -0.4 is 9.47 Å². The van der Waals surface area contributed by atoms with Gasteiger partial charge in [-0.05, 0) is 43.2 Å². The summed E-state index contributed by atoms with van der Waals surface area (Å²) in [6.07, 6.45) is 1.98. The summed E-state index contributed by atoms with van der Waals surface area (Å²) in [5.74, 6) is -0.978. The maximum absolute atomic E-state index is 13.4. The molecular weight excluding hydrogens is 418 g/mol. The second-order valence-corrected chi connectivity index (χ2v) is 9.82. The average Bonchev–Trinajstić information content (AvgIpc) is 3.22. The summed E-state index contributed by atoms with van der Waals surface area (Å²) in [4.78, 5) is 28.4. The summed E-state index contributed by atoms with van der Waals surface area (Å²) in [6.45, 7) is 1.32. The largest absolute Gasteiger partial charge is 0.493 e. The number of benzene rings is 1. The molecule has 2 saturated heterocycles. The molecule has 6 aliphatic rings. The predicted molar refractivity (Wildman–Crippen MR) is 107 cm³/mol. The summed E-state index contributed by atoms with van der Waals surface area (Å²) < 4.78 is 30.3. The predicted octanol–water partition coefficient (Wildman–Crippen LogP) is 1.84. The van der Waals surface area contributed by atoms with Crippen molar-refractivity contribution in [2.24, 2.45) is 5.92 Å². The van der Waals surface area contributed by atoms with E-state index in [1.165, 1.54) is 7.11 Å². The second-order valence-electron chi connectivity index (χ2n) is 9.82. The van der Waals surface area contributed by atoms with Crippen molar-refractivity contribution in [3.63, 3.8) is 0 Å². The van der Waals surface area contributed by atoms with Gasteiger partial charge in [0.25, 0.3) is 0 Å². The van der Waals surface area contributed by atoms with Crippen LogP contribution in [0.15, 0.2) is 12.1 Å². The zero-order valence-corrected chi connectivity index (χ0v) is 17.8. The van der Waals surface area contributed by atoms with Crippen molar-refractivity contribution in [1.29, 1.82) is 0 Å². The van der Waals surface area contributed by atoms with Gasteiger partial charge in [0.1, 0.15) is 0 Å². The monoisotopic (exact) mass is 443 g/mol. The van der Waals surface area contributed by atoms with Crippen LogP contribution in [0.25, 0.3) is 0 Å². The van der Waals surface area contributed by atoms with E-state index in [1.807, 2.05) is 6.07 Å². The van der Waals surface area contributed by atoms with Crippen molar-refractivity contribution in [3.05, 3.63) is 23.3 Å². The van der Waals surface area contributed by atoms with Crippen LogP contribution in [0.2, 0.25) is 0 Å². The van der Waals surface area contributed by atoms with Crippen molar-refractivity contribution in [1.82, 2.24) is 4.90 Å². The van der Waals surface area contributed by atoms with E-state index in [1.54, 1.807) is 11.0 Å². The third-order valence-corrected chi connectivity index (χ3v) is 8.46. The Labute approximate surface area is 184 Å². The molecule has 0 bridgehead atoms. The highest BCUT2D eigenvalue weighted by Crippen LogP contribution is 2.68. The van der Waals surface area contributed by atoms with Crippen LogP contribution in [0.3, 0.4) is 0 Å². The molecule has 9 heteroatoms. The first-order valence-corrected chi connectivity index (χ1v) is 11.3. The second kappa shape index (κ2) is 5.88.